The lowest BCUT2D eigenvalue weighted by Gasteiger charge is -2.35. The number of aromatic nitrogens is 5. The van der Waals surface area contributed by atoms with E-state index in [1.54, 1.807) is 4.68 Å². The van der Waals surface area contributed by atoms with E-state index in [0.717, 1.165) is 128 Å². The van der Waals surface area contributed by atoms with Gasteiger partial charge in [0.15, 0.2) is 11.5 Å². The van der Waals surface area contributed by atoms with Gasteiger partial charge in [-0.2, -0.15) is 14.7 Å². The Morgan fingerprint density at radius 2 is 1.55 bits per heavy atom. The number of rotatable bonds is 15. The molecule has 3 aromatic carbocycles. The van der Waals surface area contributed by atoms with Crippen LogP contribution in [0.2, 0.25) is 0 Å². The van der Waals surface area contributed by atoms with Crippen LogP contribution in [0.3, 0.4) is 0 Å². The SMILES string of the molecule is Cc1nn2c(N3CCN(CCO)CC3)cc(-c3ccccc3)nc2c1-c1cccc(CCCCCN2CCN(C(=O)CNc3cccc4c(N5CCC(=O)NC5=O)nn(C)c34)CC2)c1. The van der Waals surface area contributed by atoms with Gasteiger partial charge in [0.1, 0.15) is 5.82 Å². The van der Waals surface area contributed by atoms with Crippen LogP contribution in [0.5, 0.6) is 0 Å². The zero-order chi connectivity index (χ0) is 44.2. The Balaban J connectivity index is 0.768. The standard InChI is InChI=1S/C48H58N12O4/c1-34-44(47-50-40(36-13-6-3-7-14-36)32-42(60(47)52-34)57-25-21-56(22-26-57)29-30-61)37-15-9-12-35(31-37)11-5-4-8-19-55-23-27-58(28-24-55)43(63)33-49-39-17-10-16-38-45(39)54(2)53-46(38)59-20-18-41(62)51-48(59)64/h3,6-7,9-10,12-17,31-32,49,61H,4-5,8,11,18-30,33H2,1-2H3,(H,51,62,64). The first-order valence-corrected chi connectivity index (χ1v) is 22.7. The van der Waals surface area contributed by atoms with Gasteiger partial charge >= 0.3 is 6.03 Å². The highest BCUT2D eigenvalue weighted by atomic mass is 16.3. The van der Waals surface area contributed by atoms with Crippen LogP contribution >= 0.6 is 0 Å². The van der Waals surface area contributed by atoms with E-state index in [1.807, 2.05) is 40.7 Å². The number of anilines is 3. The molecule has 0 unspecified atom stereocenters. The van der Waals surface area contributed by atoms with Crippen molar-refractivity contribution in [3.8, 4) is 22.4 Å². The third-order valence-corrected chi connectivity index (χ3v) is 12.9. The van der Waals surface area contributed by atoms with Gasteiger partial charge in [-0.05, 0) is 56.0 Å². The number of fused-ring (bicyclic) bond motifs is 2. The molecule has 6 aromatic rings. The van der Waals surface area contributed by atoms with Crippen LogP contribution in [0.1, 0.15) is 36.9 Å². The molecule has 0 atom stereocenters. The summed E-state index contributed by atoms with van der Waals surface area (Å²) in [5.74, 6) is 1.29. The van der Waals surface area contributed by atoms with Crippen molar-refractivity contribution in [2.24, 2.45) is 7.05 Å². The minimum Gasteiger partial charge on any atom is -0.395 e. The lowest BCUT2D eigenvalue weighted by molar-refractivity contribution is -0.131. The highest BCUT2D eigenvalue weighted by Gasteiger charge is 2.29. The molecule has 0 radical (unpaired) electrons. The number of unbranched alkanes of at least 4 members (excludes halogenated alkanes) is 2. The van der Waals surface area contributed by atoms with E-state index in [0.29, 0.717) is 25.5 Å². The maximum absolute atomic E-state index is 13.3. The van der Waals surface area contributed by atoms with Crippen molar-refractivity contribution in [3.63, 3.8) is 0 Å². The fraction of sp³-hybridized carbons (Fsp3) is 0.417. The van der Waals surface area contributed by atoms with E-state index in [-0.39, 0.29) is 37.9 Å². The smallest absolute Gasteiger partial charge is 0.329 e. The van der Waals surface area contributed by atoms with Gasteiger partial charge in [-0.1, -0.05) is 67.1 Å². The topological polar surface area (TPSA) is 160 Å². The van der Waals surface area contributed by atoms with Gasteiger partial charge in [0.25, 0.3) is 0 Å². The van der Waals surface area contributed by atoms with Crippen molar-refractivity contribution in [2.75, 3.05) is 100 Å². The molecule has 3 N–H and O–H groups in total. The number of carbonyl (C=O) groups is 3. The second-order valence-electron chi connectivity index (χ2n) is 17.1. The normalized spacial score (nSPS) is 16.6. The maximum Gasteiger partial charge on any atom is 0.329 e. The largest absolute Gasteiger partial charge is 0.395 e. The molecule has 64 heavy (non-hydrogen) atoms. The lowest BCUT2D eigenvalue weighted by atomic mass is 10.00. The Morgan fingerprint density at radius 1 is 0.797 bits per heavy atom. The van der Waals surface area contributed by atoms with Crippen LogP contribution in [0.4, 0.5) is 22.1 Å². The van der Waals surface area contributed by atoms with E-state index in [2.05, 4.69) is 92.0 Å². The third-order valence-electron chi connectivity index (χ3n) is 12.9. The molecule has 3 aliphatic heterocycles. The number of carbonyl (C=O) groups excluding carboxylic acids is 3. The molecule has 0 aliphatic carbocycles. The fourth-order valence-electron chi connectivity index (χ4n) is 9.42. The minimum absolute atomic E-state index is 0.0516. The Labute approximate surface area is 373 Å². The van der Waals surface area contributed by atoms with E-state index < -0.39 is 6.03 Å². The summed E-state index contributed by atoms with van der Waals surface area (Å²) in [6.07, 6.45) is 4.55. The number of hydrogen-bond donors (Lipinski definition) is 3. The molecule has 0 saturated carbocycles. The number of β-amino-alcohol motifs (C(OH)–C–C–N with tert-alkyl or cyclic N) is 1. The number of hydrogen-bond acceptors (Lipinski definition) is 11. The average Bonchev–Trinajstić information content (AvgIpc) is 3.84. The van der Waals surface area contributed by atoms with Gasteiger partial charge in [-0.3, -0.25) is 34.3 Å². The summed E-state index contributed by atoms with van der Waals surface area (Å²) in [7, 11) is 1.81. The summed E-state index contributed by atoms with van der Waals surface area (Å²) in [5, 5.41) is 25.7. The predicted octanol–water partition coefficient (Wildman–Crippen LogP) is 4.79. The maximum atomic E-state index is 13.3. The van der Waals surface area contributed by atoms with E-state index in [1.165, 1.54) is 10.5 Å². The van der Waals surface area contributed by atoms with E-state index in [4.69, 9.17) is 10.1 Å². The third kappa shape index (κ3) is 9.16. The first kappa shape index (κ1) is 42.9. The number of urea groups is 1. The van der Waals surface area contributed by atoms with Crippen molar-refractivity contribution < 1.29 is 19.5 Å². The molecule has 16 heteroatoms. The van der Waals surface area contributed by atoms with Gasteiger partial charge in [0.05, 0.1) is 35.7 Å². The number of imide groups is 1. The first-order valence-electron chi connectivity index (χ1n) is 22.7. The zero-order valence-corrected chi connectivity index (χ0v) is 36.9. The van der Waals surface area contributed by atoms with Crippen molar-refractivity contribution >= 4 is 51.7 Å². The number of aryl methyl sites for hydroxylation is 3. The molecular weight excluding hydrogens is 809 g/mol. The number of piperazine rings is 2. The molecule has 16 nitrogen and oxygen atoms in total. The monoisotopic (exact) mass is 866 g/mol. The second-order valence-corrected chi connectivity index (χ2v) is 17.1. The van der Waals surface area contributed by atoms with Crippen LogP contribution in [0.25, 0.3) is 38.9 Å². The average molecular weight is 867 g/mol. The minimum atomic E-state index is -0.478. The molecule has 3 fully saturated rings. The van der Waals surface area contributed by atoms with Crippen LogP contribution in [-0.4, -0.2) is 147 Å². The molecule has 3 saturated heterocycles. The second kappa shape index (κ2) is 19.2. The summed E-state index contributed by atoms with van der Waals surface area (Å²) in [6.45, 7) is 11.0. The summed E-state index contributed by atoms with van der Waals surface area (Å²) in [5.41, 5.74) is 8.90. The quantitative estimate of drug-likeness (QED) is 0.122. The Morgan fingerprint density at radius 3 is 2.33 bits per heavy atom. The molecule has 0 spiro atoms. The van der Waals surface area contributed by atoms with Crippen molar-refractivity contribution in [2.45, 2.75) is 39.0 Å². The molecule has 334 valence electrons. The van der Waals surface area contributed by atoms with Crippen molar-refractivity contribution in [1.29, 1.82) is 0 Å². The molecule has 4 amide bonds. The summed E-state index contributed by atoms with van der Waals surface area (Å²) < 4.78 is 3.74. The zero-order valence-electron chi connectivity index (χ0n) is 36.9. The summed E-state index contributed by atoms with van der Waals surface area (Å²) >= 11 is 0. The van der Waals surface area contributed by atoms with Crippen molar-refractivity contribution in [1.82, 2.24) is 44.4 Å². The molecule has 6 heterocycles. The fourth-order valence-corrected chi connectivity index (χ4v) is 9.42. The molecule has 9 rings (SSSR count). The van der Waals surface area contributed by atoms with Gasteiger partial charge in [0.2, 0.25) is 11.8 Å². The van der Waals surface area contributed by atoms with E-state index >= 15 is 0 Å². The summed E-state index contributed by atoms with van der Waals surface area (Å²) in [6, 6.07) is 26.6. The number of nitrogens with one attached hydrogen (secondary N) is 2. The van der Waals surface area contributed by atoms with Crippen molar-refractivity contribution in [3.05, 3.63) is 90.1 Å². The number of benzene rings is 3. The van der Waals surface area contributed by atoms with Crippen LogP contribution < -0.4 is 20.4 Å². The predicted molar refractivity (Wildman–Crippen MR) is 250 cm³/mol. The first-order chi connectivity index (χ1) is 31.2. The number of aliphatic hydroxyl groups is 1. The molecule has 3 aliphatic rings. The Bertz CT molecular complexity index is 2630. The highest BCUT2D eigenvalue weighted by molar-refractivity contribution is 6.10. The summed E-state index contributed by atoms with van der Waals surface area (Å²) in [4.78, 5) is 53.4. The Kier molecular flexibility index (Phi) is 12.9. The van der Waals surface area contributed by atoms with E-state index in [9.17, 15) is 19.5 Å². The number of para-hydroxylation sites is 1. The Hall–Kier alpha value is -6.36. The number of amides is 4. The number of aliphatic hydroxyl groups excluding tert-OH is 1. The van der Waals surface area contributed by atoms with Crippen LogP contribution in [0.15, 0.2) is 78.9 Å². The van der Waals surface area contributed by atoms with Crippen LogP contribution in [0, 0.1) is 6.92 Å². The number of nitrogens with zero attached hydrogens (tertiary/aromatic N) is 10. The molecule has 3 aromatic heterocycles. The van der Waals surface area contributed by atoms with Gasteiger partial charge < -0.3 is 20.2 Å². The van der Waals surface area contributed by atoms with Gasteiger partial charge in [-0.25, -0.2) is 9.78 Å². The van der Waals surface area contributed by atoms with Gasteiger partial charge in [0, 0.05) is 101 Å². The molecule has 0 bridgehead atoms. The van der Waals surface area contributed by atoms with Gasteiger partial charge in [-0.15, -0.1) is 0 Å². The van der Waals surface area contributed by atoms with Crippen LogP contribution in [-0.2, 0) is 23.1 Å². The molecular formula is C48H58N12O4. The lowest BCUT2D eigenvalue weighted by Crippen LogP contribution is -2.50. The highest BCUT2D eigenvalue weighted by Crippen LogP contribution is 2.35.